The first-order chi connectivity index (χ1) is 14.2. The summed E-state index contributed by atoms with van der Waals surface area (Å²) in [7, 11) is 0. The fraction of sp³-hybridized carbons (Fsp3) is 0.273. The first kappa shape index (κ1) is 22.1. The number of anilines is 2. The molecule has 3 aromatic rings. The third-order valence-electron chi connectivity index (χ3n) is 4.73. The Hall–Kier alpha value is -2.61. The SMILES string of the molecule is CCc1scc(CNc2cc(NCc3cc(F)cc(F)c3)cc(C(F)(F)F)c2)c1C. The second-order valence-corrected chi connectivity index (χ2v) is 7.91. The van der Waals surface area contributed by atoms with E-state index in [1.54, 1.807) is 17.4 Å². The molecule has 0 aliphatic heterocycles. The van der Waals surface area contributed by atoms with Crippen molar-refractivity contribution in [2.75, 3.05) is 10.6 Å². The maximum atomic E-state index is 13.3. The Morgan fingerprint density at radius 2 is 1.47 bits per heavy atom. The minimum Gasteiger partial charge on any atom is -0.381 e. The highest BCUT2D eigenvalue weighted by atomic mass is 32.1. The molecule has 8 heteroatoms. The smallest absolute Gasteiger partial charge is 0.381 e. The van der Waals surface area contributed by atoms with Crippen molar-refractivity contribution >= 4 is 22.7 Å². The zero-order valence-electron chi connectivity index (χ0n) is 16.5. The van der Waals surface area contributed by atoms with Crippen molar-refractivity contribution in [3.05, 3.63) is 80.5 Å². The lowest BCUT2D eigenvalue weighted by molar-refractivity contribution is -0.137. The number of aryl methyl sites for hydroxylation is 1. The molecule has 2 aromatic carbocycles. The highest BCUT2D eigenvalue weighted by Crippen LogP contribution is 2.34. The molecular formula is C22H21F5N2S. The molecular weight excluding hydrogens is 419 g/mol. The number of benzene rings is 2. The van der Waals surface area contributed by atoms with Crippen molar-refractivity contribution in [1.82, 2.24) is 0 Å². The molecule has 1 heterocycles. The van der Waals surface area contributed by atoms with Crippen molar-refractivity contribution < 1.29 is 22.0 Å². The number of alkyl halides is 3. The molecule has 0 aliphatic rings. The van der Waals surface area contributed by atoms with Gasteiger partial charge in [0, 0.05) is 35.4 Å². The zero-order valence-corrected chi connectivity index (χ0v) is 17.3. The Bertz CT molecular complexity index is 1010. The molecule has 30 heavy (non-hydrogen) atoms. The van der Waals surface area contributed by atoms with Gasteiger partial charge in [-0.15, -0.1) is 11.3 Å². The highest BCUT2D eigenvalue weighted by Gasteiger charge is 2.31. The average Bonchev–Trinajstić information content (AvgIpc) is 3.03. The fourth-order valence-corrected chi connectivity index (χ4v) is 4.15. The van der Waals surface area contributed by atoms with Gasteiger partial charge in [0.15, 0.2) is 0 Å². The summed E-state index contributed by atoms with van der Waals surface area (Å²) in [5, 5.41) is 7.88. The van der Waals surface area contributed by atoms with Crippen LogP contribution >= 0.6 is 11.3 Å². The number of halogens is 5. The van der Waals surface area contributed by atoms with Crippen LogP contribution in [0.3, 0.4) is 0 Å². The molecule has 0 radical (unpaired) electrons. The minimum atomic E-state index is -4.52. The van der Waals surface area contributed by atoms with Gasteiger partial charge in [0.2, 0.25) is 0 Å². The summed E-state index contributed by atoms with van der Waals surface area (Å²) in [4.78, 5) is 1.25. The largest absolute Gasteiger partial charge is 0.416 e. The molecule has 0 bridgehead atoms. The van der Waals surface area contributed by atoms with Crippen LogP contribution in [0, 0.1) is 18.6 Å². The lowest BCUT2D eigenvalue weighted by Crippen LogP contribution is -2.09. The second-order valence-electron chi connectivity index (χ2n) is 6.94. The summed E-state index contributed by atoms with van der Waals surface area (Å²) >= 11 is 1.64. The van der Waals surface area contributed by atoms with Gasteiger partial charge in [0.1, 0.15) is 11.6 Å². The van der Waals surface area contributed by atoms with Crippen LogP contribution in [0.4, 0.5) is 33.3 Å². The maximum absolute atomic E-state index is 13.3. The molecule has 1 aromatic heterocycles. The van der Waals surface area contributed by atoms with E-state index >= 15 is 0 Å². The molecule has 3 rings (SSSR count). The van der Waals surface area contributed by atoms with Gasteiger partial charge in [-0.05, 0) is 65.7 Å². The van der Waals surface area contributed by atoms with Crippen LogP contribution in [-0.4, -0.2) is 0 Å². The highest BCUT2D eigenvalue weighted by molar-refractivity contribution is 7.10. The van der Waals surface area contributed by atoms with Crippen molar-refractivity contribution in [2.24, 2.45) is 0 Å². The molecule has 2 N–H and O–H groups in total. The summed E-state index contributed by atoms with van der Waals surface area (Å²) in [5.74, 6) is -1.48. The van der Waals surface area contributed by atoms with E-state index in [4.69, 9.17) is 0 Å². The summed E-state index contributed by atoms with van der Waals surface area (Å²) in [5.41, 5.74) is 2.18. The maximum Gasteiger partial charge on any atom is 0.416 e. The summed E-state index contributed by atoms with van der Waals surface area (Å²) in [6, 6.07) is 6.59. The lowest BCUT2D eigenvalue weighted by Gasteiger charge is -2.15. The van der Waals surface area contributed by atoms with Gasteiger partial charge in [-0.1, -0.05) is 6.92 Å². The van der Waals surface area contributed by atoms with Crippen molar-refractivity contribution in [3.8, 4) is 0 Å². The van der Waals surface area contributed by atoms with E-state index in [1.165, 1.54) is 4.88 Å². The van der Waals surface area contributed by atoms with Crippen LogP contribution in [0.15, 0.2) is 41.8 Å². The van der Waals surface area contributed by atoms with Crippen LogP contribution in [0.1, 0.15) is 34.1 Å². The predicted molar refractivity (Wildman–Crippen MR) is 111 cm³/mol. The van der Waals surface area contributed by atoms with Crippen LogP contribution in [0.2, 0.25) is 0 Å². The van der Waals surface area contributed by atoms with E-state index in [1.807, 2.05) is 12.3 Å². The molecule has 0 atom stereocenters. The van der Waals surface area contributed by atoms with Crippen molar-refractivity contribution in [2.45, 2.75) is 39.5 Å². The van der Waals surface area contributed by atoms with E-state index in [0.29, 0.717) is 17.8 Å². The van der Waals surface area contributed by atoms with Gasteiger partial charge in [-0.25, -0.2) is 8.78 Å². The van der Waals surface area contributed by atoms with Gasteiger partial charge >= 0.3 is 6.18 Å². The first-order valence-corrected chi connectivity index (χ1v) is 10.2. The quantitative estimate of drug-likeness (QED) is 0.382. The molecule has 0 spiro atoms. The van der Waals surface area contributed by atoms with Gasteiger partial charge < -0.3 is 10.6 Å². The minimum absolute atomic E-state index is 0.0150. The van der Waals surface area contributed by atoms with Gasteiger partial charge in [-0.3, -0.25) is 0 Å². The fourth-order valence-electron chi connectivity index (χ4n) is 3.13. The number of hydrogen-bond acceptors (Lipinski definition) is 3. The molecule has 0 fully saturated rings. The summed E-state index contributed by atoms with van der Waals surface area (Å²) in [6.45, 7) is 4.45. The Balaban J connectivity index is 1.79. The molecule has 160 valence electrons. The summed E-state index contributed by atoms with van der Waals surface area (Å²) < 4.78 is 66.7. The summed E-state index contributed by atoms with van der Waals surface area (Å²) in [6.07, 6.45) is -3.61. The van der Waals surface area contributed by atoms with E-state index in [0.717, 1.165) is 47.9 Å². The Labute approximate surface area is 175 Å². The average molecular weight is 440 g/mol. The molecule has 0 saturated heterocycles. The Morgan fingerprint density at radius 1 is 0.867 bits per heavy atom. The van der Waals surface area contributed by atoms with E-state index < -0.39 is 23.4 Å². The van der Waals surface area contributed by atoms with Crippen LogP contribution in [0.5, 0.6) is 0 Å². The molecule has 0 saturated carbocycles. The molecule has 0 amide bonds. The Morgan fingerprint density at radius 3 is 2.00 bits per heavy atom. The van der Waals surface area contributed by atoms with Crippen molar-refractivity contribution in [1.29, 1.82) is 0 Å². The molecule has 0 aliphatic carbocycles. The topological polar surface area (TPSA) is 24.1 Å². The third-order valence-corrected chi connectivity index (χ3v) is 6.01. The standard InChI is InChI=1S/C22H21F5N2S/c1-3-21-13(2)15(12-30-21)11-29-20-7-16(22(25,26)27)6-19(9-20)28-10-14-4-17(23)8-18(24)5-14/h4-9,12,28-29H,3,10-11H2,1-2H3. The second kappa shape index (κ2) is 9.04. The molecule has 0 unspecified atom stereocenters. The van der Waals surface area contributed by atoms with Gasteiger partial charge in [0.25, 0.3) is 0 Å². The number of nitrogens with one attached hydrogen (secondary N) is 2. The number of thiophene rings is 1. The van der Waals surface area contributed by atoms with E-state index in [2.05, 4.69) is 17.6 Å². The van der Waals surface area contributed by atoms with Gasteiger partial charge in [-0.2, -0.15) is 13.2 Å². The monoisotopic (exact) mass is 440 g/mol. The molecule has 2 nitrogen and oxygen atoms in total. The number of rotatable bonds is 7. The third kappa shape index (κ3) is 5.50. The van der Waals surface area contributed by atoms with Crippen LogP contribution in [-0.2, 0) is 25.7 Å². The Kier molecular flexibility index (Phi) is 6.65. The van der Waals surface area contributed by atoms with Gasteiger partial charge in [0.05, 0.1) is 5.56 Å². The number of hydrogen-bond donors (Lipinski definition) is 2. The lowest BCUT2D eigenvalue weighted by atomic mass is 10.1. The van der Waals surface area contributed by atoms with Crippen LogP contribution in [0.25, 0.3) is 0 Å². The van der Waals surface area contributed by atoms with E-state index in [9.17, 15) is 22.0 Å². The van der Waals surface area contributed by atoms with Crippen LogP contribution < -0.4 is 10.6 Å². The first-order valence-electron chi connectivity index (χ1n) is 9.36. The van der Waals surface area contributed by atoms with E-state index in [-0.39, 0.29) is 12.2 Å². The predicted octanol–water partition coefficient (Wildman–Crippen LogP) is 7.14. The van der Waals surface area contributed by atoms with Crippen molar-refractivity contribution in [3.63, 3.8) is 0 Å². The zero-order chi connectivity index (χ0) is 21.9. The normalized spacial score (nSPS) is 11.6.